The number of H-pyrrole nitrogens is 1. The van der Waals surface area contributed by atoms with Gasteiger partial charge in [0.1, 0.15) is 12.2 Å². The van der Waals surface area contributed by atoms with Gasteiger partial charge in [0.05, 0.1) is 10.5 Å². The van der Waals surface area contributed by atoms with Crippen molar-refractivity contribution in [3.05, 3.63) is 34.5 Å². The van der Waals surface area contributed by atoms with E-state index in [2.05, 4.69) is 4.98 Å². The van der Waals surface area contributed by atoms with Crippen LogP contribution in [0.2, 0.25) is 5.02 Å². The molecule has 1 aromatic heterocycles. The molecule has 1 aliphatic heterocycles. The third kappa shape index (κ3) is 2.25. The molecule has 1 unspecified atom stereocenters. The average Bonchev–Trinajstić information content (AvgIpc) is 2.82. The van der Waals surface area contributed by atoms with E-state index in [1.807, 2.05) is 26.0 Å². The molecular weight excluding hydrogens is 302 g/mol. The number of aromatic nitrogens is 1. The lowest BCUT2D eigenvalue weighted by atomic mass is 10.1. The number of rotatable bonds is 1. The molecule has 0 bridgehead atoms. The van der Waals surface area contributed by atoms with Crippen LogP contribution in [0.3, 0.4) is 0 Å². The molecule has 1 aliphatic rings. The van der Waals surface area contributed by atoms with Gasteiger partial charge in [-0.25, -0.2) is 0 Å². The van der Waals surface area contributed by atoms with E-state index in [-0.39, 0.29) is 24.4 Å². The maximum Gasteiger partial charge on any atom is 0.271 e. The van der Waals surface area contributed by atoms with Gasteiger partial charge >= 0.3 is 0 Å². The van der Waals surface area contributed by atoms with Crippen LogP contribution in [0.15, 0.2) is 18.2 Å². The van der Waals surface area contributed by atoms with Crippen LogP contribution in [0.1, 0.15) is 23.0 Å². The number of nitrogens with zero attached hydrogens (tertiary/aromatic N) is 2. The molecule has 0 radical (unpaired) electrons. The lowest BCUT2D eigenvalue weighted by molar-refractivity contribution is -0.136. The summed E-state index contributed by atoms with van der Waals surface area (Å²) in [4.78, 5) is 31.1. The number of amides is 2. The molecule has 1 atom stereocenters. The number of hydrogen-bond acceptors (Lipinski definition) is 2. The highest BCUT2D eigenvalue weighted by Gasteiger charge is 2.31. The first kappa shape index (κ1) is 14.9. The molecule has 0 saturated carbocycles. The number of carbonyl (C=O) groups excluding carboxylic acids is 2. The van der Waals surface area contributed by atoms with E-state index in [4.69, 9.17) is 11.6 Å². The second-order valence-corrected chi connectivity index (χ2v) is 6.23. The van der Waals surface area contributed by atoms with Gasteiger partial charge in [-0.3, -0.25) is 9.59 Å². The number of aromatic amines is 1. The molecule has 5 nitrogen and oxygen atoms in total. The van der Waals surface area contributed by atoms with Crippen molar-refractivity contribution in [2.75, 3.05) is 20.1 Å². The Morgan fingerprint density at radius 3 is 2.77 bits per heavy atom. The first-order valence-corrected chi connectivity index (χ1v) is 7.59. The summed E-state index contributed by atoms with van der Waals surface area (Å²) in [5.74, 6) is -0.197. The molecule has 6 heteroatoms. The molecule has 1 N–H and O–H groups in total. The van der Waals surface area contributed by atoms with Crippen LogP contribution in [0, 0.1) is 6.92 Å². The Morgan fingerprint density at radius 2 is 2.14 bits per heavy atom. The van der Waals surface area contributed by atoms with Crippen LogP contribution in [-0.2, 0) is 4.79 Å². The minimum Gasteiger partial charge on any atom is -0.349 e. The van der Waals surface area contributed by atoms with Crippen molar-refractivity contribution >= 4 is 34.3 Å². The van der Waals surface area contributed by atoms with Gasteiger partial charge in [0, 0.05) is 25.0 Å². The first-order valence-electron chi connectivity index (χ1n) is 7.22. The Bertz CT molecular complexity index is 768. The molecule has 3 rings (SSSR count). The lowest BCUT2D eigenvalue weighted by Crippen LogP contribution is -2.55. The van der Waals surface area contributed by atoms with Crippen LogP contribution >= 0.6 is 11.6 Å². The van der Waals surface area contributed by atoms with E-state index < -0.39 is 0 Å². The molecule has 1 aromatic carbocycles. The van der Waals surface area contributed by atoms with Gasteiger partial charge in [0.15, 0.2) is 0 Å². The highest BCUT2D eigenvalue weighted by molar-refractivity contribution is 6.35. The smallest absolute Gasteiger partial charge is 0.271 e. The number of nitrogens with one attached hydrogen (secondary N) is 1. The number of fused-ring (bicyclic) bond motifs is 1. The molecule has 1 saturated heterocycles. The van der Waals surface area contributed by atoms with E-state index in [9.17, 15) is 9.59 Å². The Balaban J connectivity index is 1.98. The fraction of sp³-hybridized carbons (Fsp3) is 0.375. The van der Waals surface area contributed by atoms with Gasteiger partial charge in [0.25, 0.3) is 5.91 Å². The zero-order valence-electron chi connectivity index (χ0n) is 12.8. The van der Waals surface area contributed by atoms with Gasteiger partial charge < -0.3 is 14.8 Å². The molecule has 22 heavy (non-hydrogen) atoms. The fourth-order valence-corrected chi connectivity index (χ4v) is 3.09. The first-order chi connectivity index (χ1) is 10.4. The Labute approximate surface area is 133 Å². The predicted molar refractivity (Wildman–Crippen MR) is 86.2 cm³/mol. The third-order valence-corrected chi connectivity index (χ3v) is 4.72. The second kappa shape index (κ2) is 5.32. The van der Waals surface area contributed by atoms with Crippen molar-refractivity contribution in [3.8, 4) is 0 Å². The normalized spacial score (nSPS) is 19.1. The standard InChI is InChI=1S/C16H18ClN3O2/c1-9-7-20(8-13(21)19(9)3)16(22)14-10(2)11-5-4-6-12(17)15(11)18-14/h4-6,9,18H,7-8H2,1-3H3. The molecule has 116 valence electrons. The zero-order valence-corrected chi connectivity index (χ0v) is 13.6. The maximum absolute atomic E-state index is 12.8. The number of aryl methyl sites for hydroxylation is 1. The quantitative estimate of drug-likeness (QED) is 0.877. The zero-order chi connectivity index (χ0) is 16.0. The van der Waals surface area contributed by atoms with Crippen molar-refractivity contribution < 1.29 is 9.59 Å². The van der Waals surface area contributed by atoms with Crippen molar-refractivity contribution in [1.29, 1.82) is 0 Å². The molecular formula is C16H18ClN3O2. The Kier molecular flexibility index (Phi) is 3.60. The number of likely N-dealkylation sites (N-methyl/N-ethyl adjacent to an activating group) is 1. The third-order valence-electron chi connectivity index (χ3n) is 4.41. The minimum atomic E-state index is -0.155. The SMILES string of the molecule is Cc1c(C(=O)N2CC(=O)N(C)C(C)C2)[nH]c2c(Cl)cccc12. The number of carbonyl (C=O) groups is 2. The summed E-state index contributed by atoms with van der Waals surface area (Å²) in [5.41, 5.74) is 2.13. The van der Waals surface area contributed by atoms with Gasteiger partial charge in [-0.05, 0) is 25.5 Å². The number of hydrogen-bond donors (Lipinski definition) is 1. The number of piperazine rings is 1. The largest absolute Gasteiger partial charge is 0.349 e. The average molecular weight is 320 g/mol. The molecule has 2 amide bonds. The summed E-state index contributed by atoms with van der Waals surface area (Å²) in [6.45, 7) is 4.47. The van der Waals surface area contributed by atoms with Crippen molar-refractivity contribution in [2.24, 2.45) is 0 Å². The second-order valence-electron chi connectivity index (χ2n) is 5.83. The van der Waals surface area contributed by atoms with E-state index in [0.717, 1.165) is 16.5 Å². The van der Waals surface area contributed by atoms with Crippen LogP contribution < -0.4 is 0 Å². The van der Waals surface area contributed by atoms with E-state index in [1.54, 1.807) is 22.9 Å². The van der Waals surface area contributed by atoms with E-state index in [1.165, 1.54) is 0 Å². The number of benzene rings is 1. The number of para-hydroxylation sites is 1. The minimum absolute atomic E-state index is 0.0125. The molecule has 0 aliphatic carbocycles. The number of halogens is 1. The Morgan fingerprint density at radius 1 is 1.41 bits per heavy atom. The highest BCUT2D eigenvalue weighted by Crippen LogP contribution is 2.28. The van der Waals surface area contributed by atoms with Crippen LogP contribution in [0.25, 0.3) is 10.9 Å². The fourth-order valence-electron chi connectivity index (χ4n) is 2.87. The van der Waals surface area contributed by atoms with Crippen LogP contribution in [0.4, 0.5) is 0 Å². The van der Waals surface area contributed by atoms with E-state index in [0.29, 0.717) is 17.3 Å². The van der Waals surface area contributed by atoms with Crippen LogP contribution in [-0.4, -0.2) is 52.8 Å². The predicted octanol–water partition coefficient (Wildman–Crippen LogP) is 2.43. The monoisotopic (exact) mass is 319 g/mol. The van der Waals surface area contributed by atoms with Crippen molar-refractivity contribution in [1.82, 2.24) is 14.8 Å². The molecule has 0 spiro atoms. The molecule has 1 fully saturated rings. The summed E-state index contributed by atoms with van der Waals surface area (Å²) in [6, 6.07) is 5.59. The van der Waals surface area contributed by atoms with Crippen molar-refractivity contribution in [3.63, 3.8) is 0 Å². The van der Waals surface area contributed by atoms with E-state index >= 15 is 0 Å². The summed E-state index contributed by atoms with van der Waals surface area (Å²) in [6.07, 6.45) is 0. The van der Waals surface area contributed by atoms with Gasteiger partial charge in [-0.1, -0.05) is 23.7 Å². The van der Waals surface area contributed by atoms with Gasteiger partial charge in [0.2, 0.25) is 5.91 Å². The van der Waals surface area contributed by atoms with Gasteiger partial charge in [-0.2, -0.15) is 0 Å². The topological polar surface area (TPSA) is 56.4 Å². The molecule has 2 heterocycles. The highest BCUT2D eigenvalue weighted by atomic mass is 35.5. The Hall–Kier alpha value is -2.01. The van der Waals surface area contributed by atoms with Crippen LogP contribution in [0.5, 0.6) is 0 Å². The van der Waals surface area contributed by atoms with Crippen molar-refractivity contribution in [2.45, 2.75) is 19.9 Å². The summed E-state index contributed by atoms with van der Waals surface area (Å²) in [7, 11) is 1.77. The maximum atomic E-state index is 12.8. The lowest BCUT2D eigenvalue weighted by Gasteiger charge is -2.37. The summed E-state index contributed by atoms with van der Waals surface area (Å²) < 4.78 is 0. The van der Waals surface area contributed by atoms with Gasteiger partial charge in [-0.15, -0.1) is 0 Å². The summed E-state index contributed by atoms with van der Waals surface area (Å²) >= 11 is 6.18. The molecule has 2 aromatic rings. The summed E-state index contributed by atoms with van der Waals surface area (Å²) in [5, 5.41) is 1.52.